The van der Waals surface area contributed by atoms with Crippen molar-refractivity contribution in [2.24, 2.45) is 0 Å². The highest BCUT2D eigenvalue weighted by atomic mass is 19.1. The second-order valence-corrected chi connectivity index (χ2v) is 7.45. The molecule has 0 N–H and O–H groups in total. The van der Waals surface area contributed by atoms with E-state index in [1.807, 2.05) is 25.1 Å². The third kappa shape index (κ3) is 3.87. The van der Waals surface area contributed by atoms with Crippen molar-refractivity contribution in [3.8, 4) is 17.1 Å². The molecule has 0 bridgehead atoms. The van der Waals surface area contributed by atoms with Gasteiger partial charge in [0.1, 0.15) is 11.5 Å². The quantitative estimate of drug-likeness (QED) is 0.480. The van der Waals surface area contributed by atoms with Crippen LogP contribution in [0, 0.1) is 12.7 Å². The van der Waals surface area contributed by atoms with Crippen LogP contribution in [0.5, 0.6) is 0 Å². The molecular formula is C22H20FN7O2. The Morgan fingerprint density at radius 1 is 1.16 bits per heavy atom. The lowest BCUT2D eigenvalue weighted by Crippen LogP contribution is -2.39. The maximum atomic E-state index is 13.5. The fourth-order valence-electron chi connectivity index (χ4n) is 3.68. The molecule has 9 nitrogen and oxygen atoms in total. The zero-order chi connectivity index (χ0) is 22.1. The number of rotatable bonds is 5. The van der Waals surface area contributed by atoms with E-state index in [1.54, 1.807) is 40.3 Å². The second-order valence-electron chi connectivity index (χ2n) is 7.45. The third-order valence-electron chi connectivity index (χ3n) is 5.24. The van der Waals surface area contributed by atoms with Gasteiger partial charge in [-0.3, -0.25) is 14.5 Å². The Hall–Kier alpha value is -3.92. The Kier molecular flexibility index (Phi) is 5.20. The molecule has 5 rings (SSSR count). The van der Waals surface area contributed by atoms with E-state index in [0.717, 1.165) is 11.8 Å². The van der Waals surface area contributed by atoms with Crippen LogP contribution in [0.1, 0.15) is 15.9 Å². The predicted octanol–water partition coefficient (Wildman–Crippen LogP) is 2.47. The van der Waals surface area contributed by atoms with Crippen LogP contribution >= 0.6 is 0 Å². The molecule has 3 aromatic heterocycles. The number of nitrogens with zero attached hydrogens (tertiary/aromatic N) is 7. The van der Waals surface area contributed by atoms with Crippen LogP contribution in [0.4, 0.5) is 4.39 Å². The molecule has 1 amide bonds. The van der Waals surface area contributed by atoms with Gasteiger partial charge in [0.15, 0.2) is 6.23 Å². The van der Waals surface area contributed by atoms with Gasteiger partial charge in [-0.2, -0.15) is 20.1 Å². The van der Waals surface area contributed by atoms with Crippen LogP contribution in [-0.4, -0.2) is 59.9 Å². The molecule has 1 aliphatic heterocycles. The molecule has 1 saturated heterocycles. The van der Waals surface area contributed by atoms with Crippen molar-refractivity contribution in [2.45, 2.75) is 19.7 Å². The molecule has 1 fully saturated rings. The smallest absolute Gasteiger partial charge is 0.258 e. The lowest BCUT2D eigenvalue weighted by molar-refractivity contribution is 0.0172. The first-order valence-electron chi connectivity index (χ1n) is 10.1. The van der Waals surface area contributed by atoms with Crippen LogP contribution < -0.4 is 0 Å². The topological polar surface area (TPSA) is 91.0 Å². The number of ether oxygens (including phenoxy) is 1. The number of hydrogen-bond acceptors (Lipinski definition) is 6. The summed E-state index contributed by atoms with van der Waals surface area (Å²) in [5, 5.41) is 12.8. The number of halogens is 1. The van der Waals surface area contributed by atoms with Crippen molar-refractivity contribution in [1.82, 2.24) is 34.7 Å². The van der Waals surface area contributed by atoms with Gasteiger partial charge < -0.3 is 9.64 Å². The van der Waals surface area contributed by atoms with E-state index in [2.05, 4.69) is 20.3 Å². The molecule has 32 heavy (non-hydrogen) atoms. The minimum atomic E-state index is -0.477. The average Bonchev–Trinajstić information content (AvgIpc) is 3.56. The minimum absolute atomic E-state index is 0.156. The number of hydrogen-bond donors (Lipinski definition) is 0. The van der Waals surface area contributed by atoms with E-state index in [0.29, 0.717) is 42.3 Å². The Morgan fingerprint density at radius 2 is 2.00 bits per heavy atom. The van der Waals surface area contributed by atoms with E-state index >= 15 is 0 Å². The number of benzene rings is 1. The molecule has 0 saturated carbocycles. The van der Waals surface area contributed by atoms with E-state index in [4.69, 9.17) is 4.74 Å². The lowest BCUT2D eigenvalue weighted by Gasteiger charge is -2.24. The van der Waals surface area contributed by atoms with Gasteiger partial charge >= 0.3 is 0 Å². The molecule has 4 aromatic rings. The van der Waals surface area contributed by atoms with Gasteiger partial charge in [-0.25, -0.2) is 4.39 Å². The Bertz CT molecular complexity index is 1240. The molecule has 4 heterocycles. The molecule has 1 aliphatic rings. The zero-order valence-corrected chi connectivity index (χ0v) is 17.3. The molecule has 0 spiro atoms. The largest absolute Gasteiger partial charge is 0.354 e. The van der Waals surface area contributed by atoms with Crippen molar-refractivity contribution in [1.29, 1.82) is 0 Å². The van der Waals surface area contributed by atoms with E-state index < -0.39 is 12.0 Å². The van der Waals surface area contributed by atoms with E-state index in [9.17, 15) is 9.18 Å². The van der Waals surface area contributed by atoms with Crippen molar-refractivity contribution in [2.75, 3.05) is 13.2 Å². The van der Waals surface area contributed by atoms with Crippen LogP contribution in [0.15, 0.2) is 61.2 Å². The highest BCUT2D eigenvalue weighted by Crippen LogP contribution is 2.22. The Morgan fingerprint density at radius 3 is 2.78 bits per heavy atom. The van der Waals surface area contributed by atoms with Crippen LogP contribution in [-0.2, 0) is 11.3 Å². The summed E-state index contributed by atoms with van der Waals surface area (Å²) in [6, 6.07) is 10.3. The normalized spacial score (nSPS) is 15.9. The van der Waals surface area contributed by atoms with Crippen LogP contribution in [0.25, 0.3) is 17.1 Å². The standard InChI is InChI=1S/C22H20FN7O2/c1-15-2-5-20(30-25-7-8-26-30)17(12-15)22(31)29-10-11-32-21(29)14-28-9-6-19(27-28)18-4-3-16(23)13-24-18/h2-9,12-13,21H,10-11,14H2,1H3/t21-/m1/s1. The van der Waals surface area contributed by atoms with E-state index in [-0.39, 0.29) is 5.91 Å². The van der Waals surface area contributed by atoms with E-state index in [1.165, 1.54) is 10.9 Å². The number of amides is 1. The SMILES string of the molecule is Cc1ccc(-n2nccn2)c(C(=O)N2CCO[C@@H]2Cn2ccc(-c3ccc(F)cn3)n2)c1. The van der Waals surface area contributed by atoms with Gasteiger partial charge in [0.05, 0.1) is 48.7 Å². The van der Waals surface area contributed by atoms with Gasteiger partial charge in [-0.05, 0) is 37.3 Å². The summed E-state index contributed by atoms with van der Waals surface area (Å²) in [5.41, 5.74) is 3.27. The monoisotopic (exact) mass is 433 g/mol. The Balaban J connectivity index is 1.37. The fourth-order valence-corrected chi connectivity index (χ4v) is 3.68. The fraction of sp³-hybridized carbons (Fsp3) is 0.227. The van der Waals surface area contributed by atoms with Gasteiger partial charge in [0.25, 0.3) is 5.91 Å². The summed E-state index contributed by atoms with van der Waals surface area (Å²) in [7, 11) is 0. The third-order valence-corrected chi connectivity index (χ3v) is 5.24. The number of pyridine rings is 1. The first kappa shape index (κ1) is 20.0. The summed E-state index contributed by atoms with van der Waals surface area (Å²) in [5.74, 6) is -0.557. The number of aromatic nitrogens is 6. The molecule has 1 aromatic carbocycles. The molecular weight excluding hydrogens is 413 g/mol. The van der Waals surface area contributed by atoms with Crippen molar-refractivity contribution >= 4 is 5.91 Å². The maximum Gasteiger partial charge on any atom is 0.258 e. The summed E-state index contributed by atoms with van der Waals surface area (Å²) in [4.78, 5) is 20.7. The average molecular weight is 433 g/mol. The Labute approximate surface area is 183 Å². The van der Waals surface area contributed by atoms with Gasteiger partial charge in [-0.1, -0.05) is 11.6 Å². The zero-order valence-electron chi connectivity index (χ0n) is 17.3. The number of carbonyl (C=O) groups excluding carboxylic acids is 1. The minimum Gasteiger partial charge on any atom is -0.354 e. The highest BCUT2D eigenvalue weighted by Gasteiger charge is 2.32. The first-order chi connectivity index (χ1) is 15.6. The lowest BCUT2D eigenvalue weighted by atomic mass is 10.1. The molecule has 0 radical (unpaired) electrons. The first-order valence-corrected chi connectivity index (χ1v) is 10.1. The number of carbonyl (C=O) groups is 1. The maximum absolute atomic E-state index is 13.5. The summed E-state index contributed by atoms with van der Waals surface area (Å²) >= 11 is 0. The molecule has 10 heteroatoms. The van der Waals surface area contributed by atoms with Crippen molar-refractivity contribution in [3.05, 3.63) is 78.1 Å². The van der Waals surface area contributed by atoms with Crippen molar-refractivity contribution in [3.63, 3.8) is 0 Å². The summed E-state index contributed by atoms with van der Waals surface area (Å²) in [6.07, 6.45) is 5.61. The van der Waals surface area contributed by atoms with Gasteiger partial charge in [0, 0.05) is 12.7 Å². The molecule has 162 valence electrons. The number of aryl methyl sites for hydroxylation is 1. The second kappa shape index (κ2) is 8.31. The summed E-state index contributed by atoms with van der Waals surface area (Å²) < 4.78 is 20.7. The predicted molar refractivity (Wildman–Crippen MR) is 112 cm³/mol. The van der Waals surface area contributed by atoms with Crippen molar-refractivity contribution < 1.29 is 13.9 Å². The highest BCUT2D eigenvalue weighted by molar-refractivity contribution is 5.98. The van der Waals surface area contributed by atoms with Gasteiger partial charge in [-0.15, -0.1) is 0 Å². The van der Waals surface area contributed by atoms with Crippen LogP contribution in [0.3, 0.4) is 0 Å². The molecule has 1 atom stereocenters. The van der Waals surface area contributed by atoms with Gasteiger partial charge in [0.2, 0.25) is 0 Å². The molecule has 0 aliphatic carbocycles. The summed E-state index contributed by atoms with van der Waals surface area (Å²) in [6.45, 7) is 3.19. The molecule has 0 unspecified atom stereocenters. The van der Waals surface area contributed by atoms with Crippen LogP contribution in [0.2, 0.25) is 0 Å².